The van der Waals surface area contributed by atoms with E-state index in [1.807, 2.05) is 17.9 Å². The molecule has 7 heteroatoms. The fourth-order valence-corrected chi connectivity index (χ4v) is 3.45. The molecule has 5 nitrogen and oxygen atoms in total. The van der Waals surface area contributed by atoms with Gasteiger partial charge in [-0.15, -0.1) is 0 Å². The van der Waals surface area contributed by atoms with Crippen LogP contribution in [0.2, 0.25) is 5.02 Å². The van der Waals surface area contributed by atoms with Crippen molar-refractivity contribution in [2.24, 2.45) is 0 Å². The van der Waals surface area contributed by atoms with Gasteiger partial charge >= 0.3 is 0 Å². The van der Waals surface area contributed by atoms with Crippen molar-refractivity contribution in [3.63, 3.8) is 0 Å². The van der Waals surface area contributed by atoms with E-state index in [9.17, 15) is 14.0 Å². The monoisotopic (exact) mass is 403 g/mol. The Morgan fingerprint density at radius 2 is 1.86 bits per heavy atom. The second-order valence-corrected chi connectivity index (χ2v) is 7.18. The first-order valence-corrected chi connectivity index (χ1v) is 9.75. The van der Waals surface area contributed by atoms with Crippen LogP contribution in [0.25, 0.3) is 0 Å². The molecule has 0 unspecified atom stereocenters. The molecule has 0 spiro atoms. The van der Waals surface area contributed by atoms with Gasteiger partial charge in [0.25, 0.3) is 5.91 Å². The lowest BCUT2D eigenvalue weighted by atomic mass is 10.1. The van der Waals surface area contributed by atoms with E-state index in [1.165, 1.54) is 18.2 Å². The van der Waals surface area contributed by atoms with Crippen molar-refractivity contribution in [2.75, 3.05) is 36.4 Å². The van der Waals surface area contributed by atoms with E-state index in [0.29, 0.717) is 43.3 Å². The van der Waals surface area contributed by atoms with Gasteiger partial charge in [-0.05, 0) is 42.8 Å². The van der Waals surface area contributed by atoms with Crippen molar-refractivity contribution in [3.8, 4) is 0 Å². The normalized spacial score (nSPS) is 14.1. The summed E-state index contributed by atoms with van der Waals surface area (Å²) in [6.07, 6.45) is 1.41. The molecular formula is C21H23ClFN3O2. The summed E-state index contributed by atoms with van der Waals surface area (Å²) >= 11 is 6.13. The molecule has 28 heavy (non-hydrogen) atoms. The minimum atomic E-state index is -0.466. The largest absolute Gasteiger partial charge is 0.366 e. The predicted molar refractivity (Wildman–Crippen MR) is 110 cm³/mol. The zero-order chi connectivity index (χ0) is 20.1. The van der Waals surface area contributed by atoms with Gasteiger partial charge in [0.15, 0.2) is 0 Å². The Kier molecular flexibility index (Phi) is 6.52. The number of anilines is 2. The quantitative estimate of drug-likeness (QED) is 0.814. The summed E-state index contributed by atoms with van der Waals surface area (Å²) in [6.45, 7) is 4.60. The summed E-state index contributed by atoms with van der Waals surface area (Å²) in [5.74, 6) is -0.690. The Bertz CT molecular complexity index is 866. The van der Waals surface area contributed by atoms with Crippen LogP contribution in [-0.4, -0.2) is 42.9 Å². The number of amides is 2. The molecule has 0 bridgehead atoms. The van der Waals surface area contributed by atoms with Crippen LogP contribution in [-0.2, 0) is 4.79 Å². The van der Waals surface area contributed by atoms with Gasteiger partial charge in [-0.3, -0.25) is 9.59 Å². The van der Waals surface area contributed by atoms with Crippen LogP contribution >= 0.6 is 11.6 Å². The Morgan fingerprint density at radius 1 is 1.11 bits per heavy atom. The molecule has 148 valence electrons. The zero-order valence-corrected chi connectivity index (χ0v) is 16.5. The Balaban J connectivity index is 1.75. The molecule has 0 aliphatic carbocycles. The topological polar surface area (TPSA) is 52.7 Å². The lowest BCUT2D eigenvalue weighted by Crippen LogP contribution is -2.48. The summed E-state index contributed by atoms with van der Waals surface area (Å²) < 4.78 is 13.4. The van der Waals surface area contributed by atoms with Crippen LogP contribution in [0.1, 0.15) is 30.1 Å². The lowest BCUT2D eigenvalue weighted by Gasteiger charge is -2.37. The number of halogens is 2. The molecule has 2 amide bonds. The van der Waals surface area contributed by atoms with Gasteiger partial charge in [0.1, 0.15) is 5.82 Å². The number of piperazine rings is 1. The van der Waals surface area contributed by atoms with Crippen LogP contribution in [0.15, 0.2) is 42.5 Å². The van der Waals surface area contributed by atoms with Gasteiger partial charge in [0.05, 0.1) is 11.4 Å². The smallest absolute Gasteiger partial charge is 0.255 e. The number of nitrogens with zero attached hydrogens (tertiary/aromatic N) is 2. The van der Waals surface area contributed by atoms with E-state index in [2.05, 4.69) is 10.2 Å². The van der Waals surface area contributed by atoms with Crippen molar-refractivity contribution < 1.29 is 14.0 Å². The standard InChI is InChI=1S/C21H23ClFN3O2/c1-2-4-20(27)26-11-9-25(10-12-26)19-8-7-16(22)14-18(19)24-21(28)15-5-3-6-17(23)13-15/h3,5-8,13-14H,2,4,9-12H2,1H3,(H,24,28). The first kappa shape index (κ1) is 20.1. The van der Waals surface area contributed by atoms with Gasteiger partial charge < -0.3 is 15.1 Å². The molecule has 1 fully saturated rings. The average molecular weight is 404 g/mol. The molecule has 1 aliphatic heterocycles. The van der Waals surface area contributed by atoms with Crippen LogP contribution < -0.4 is 10.2 Å². The molecular weight excluding hydrogens is 381 g/mol. The minimum absolute atomic E-state index is 0.179. The summed E-state index contributed by atoms with van der Waals surface area (Å²) in [5, 5.41) is 3.33. The van der Waals surface area contributed by atoms with Crippen molar-refractivity contribution >= 4 is 34.8 Å². The second-order valence-electron chi connectivity index (χ2n) is 6.74. The molecule has 1 N–H and O–H groups in total. The third-order valence-electron chi connectivity index (χ3n) is 4.73. The molecule has 0 aromatic heterocycles. The number of hydrogen-bond donors (Lipinski definition) is 1. The number of hydrogen-bond acceptors (Lipinski definition) is 3. The van der Waals surface area contributed by atoms with Crippen molar-refractivity contribution in [3.05, 3.63) is 58.9 Å². The maximum Gasteiger partial charge on any atom is 0.255 e. The number of rotatable bonds is 5. The molecule has 1 aliphatic rings. The minimum Gasteiger partial charge on any atom is -0.366 e. The van der Waals surface area contributed by atoms with E-state index in [4.69, 9.17) is 11.6 Å². The van der Waals surface area contributed by atoms with Gasteiger partial charge in [0, 0.05) is 43.2 Å². The van der Waals surface area contributed by atoms with Crippen molar-refractivity contribution in [1.29, 1.82) is 0 Å². The molecule has 0 radical (unpaired) electrons. The highest BCUT2D eigenvalue weighted by Gasteiger charge is 2.23. The average Bonchev–Trinajstić information content (AvgIpc) is 2.68. The zero-order valence-electron chi connectivity index (χ0n) is 15.8. The van der Waals surface area contributed by atoms with Gasteiger partial charge in [-0.1, -0.05) is 24.6 Å². The van der Waals surface area contributed by atoms with Crippen LogP contribution in [0.5, 0.6) is 0 Å². The fraction of sp³-hybridized carbons (Fsp3) is 0.333. The van der Waals surface area contributed by atoms with E-state index in [0.717, 1.165) is 12.1 Å². The Morgan fingerprint density at radius 3 is 2.54 bits per heavy atom. The Labute approximate surface area is 169 Å². The molecule has 3 rings (SSSR count). The molecule has 0 saturated carbocycles. The summed E-state index contributed by atoms with van der Waals surface area (Å²) in [5.41, 5.74) is 1.63. The van der Waals surface area contributed by atoms with Crippen LogP contribution in [0.3, 0.4) is 0 Å². The SMILES string of the molecule is CCCC(=O)N1CCN(c2ccc(Cl)cc2NC(=O)c2cccc(F)c2)CC1. The van der Waals surface area contributed by atoms with Crippen molar-refractivity contribution in [1.82, 2.24) is 4.90 Å². The highest BCUT2D eigenvalue weighted by atomic mass is 35.5. The van der Waals surface area contributed by atoms with Gasteiger partial charge in [0.2, 0.25) is 5.91 Å². The third kappa shape index (κ3) is 4.81. The highest BCUT2D eigenvalue weighted by molar-refractivity contribution is 6.31. The number of carbonyl (C=O) groups excluding carboxylic acids is 2. The number of benzene rings is 2. The van der Waals surface area contributed by atoms with E-state index >= 15 is 0 Å². The predicted octanol–water partition coefficient (Wildman–Crippen LogP) is 4.18. The molecule has 1 saturated heterocycles. The third-order valence-corrected chi connectivity index (χ3v) is 4.97. The number of nitrogens with one attached hydrogen (secondary N) is 1. The van der Waals surface area contributed by atoms with Gasteiger partial charge in [-0.25, -0.2) is 4.39 Å². The van der Waals surface area contributed by atoms with Gasteiger partial charge in [-0.2, -0.15) is 0 Å². The van der Waals surface area contributed by atoms with E-state index in [1.54, 1.807) is 18.2 Å². The molecule has 0 atom stereocenters. The molecule has 1 heterocycles. The van der Waals surface area contributed by atoms with Crippen LogP contribution in [0, 0.1) is 5.82 Å². The van der Waals surface area contributed by atoms with Crippen LogP contribution in [0.4, 0.5) is 15.8 Å². The van der Waals surface area contributed by atoms with Crippen molar-refractivity contribution in [2.45, 2.75) is 19.8 Å². The first-order valence-electron chi connectivity index (χ1n) is 9.37. The highest BCUT2D eigenvalue weighted by Crippen LogP contribution is 2.30. The summed E-state index contributed by atoms with van der Waals surface area (Å²) in [6, 6.07) is 10.8. The Hall–Kier alpha value is -2.60. The number of carbonyl (C=O) groups is 2. The maximum absolute atomic E-state index is 13.4. The second kappa shape index (κ2) is 9.06. The summed E-state index contributed by atoms with van der Waals surface area (Å²) in [7, 11) is 0. The van der Waals surface area contributed by atoms with E-state index in [-0.39, 0.29) is 11.5 Å². The summed E-state index contributed by atoms with van der Waals surface area (Å²) in [4.78, 5) is 28.6. The molecule has 2 aromatic carbocycles. The molecule has 2 aromatic rings. The van der Waals surface area contributed by atoms with E-state index < -0.39 is 11.7 Å². The lowest BCUT2D eigenvalue weighted by molar-refractivity contribution is -0.131. The maximum atomic E-state index is 13.4. The first-order chi connectivity index (χ1) is 13.5. The fourth-order valence-electron chi connectivity index (χ4n) is 3.28.